The quantitative estimate of drug-likeness (QED) is 0.609. The van der Waals surface area contributed by atoms with Crippen molar-refractivity contribution in [1.82, 2.24) is 19.5 Å². The van der Waals surface area contributed by atoms with Gasteiger partial charge in [0, 0.05) is 24.2 Å². The van der Waals surface area contributed by atoms with E-state index in [4.69, 9.17) is 10.5 Å². The summed E-state index contributed by atoms with van der Waals surface area (Å²) >= 11 is 0. The molecule has 23 heavy (non-hydrogen) atoms. The summed E-state index contributed by atoms with van der Waals surface area (Å²) in [6.45, 7) is 0. The molecule has 0 spiro atoms. The minimum atomic E-state index is 0.460. The van der Waals surface area contributed by atoms with Gasteiger partial charge in [0.05, 0.1) is 18.2 Å². The van der Waals surface area contributed by atoms with Crippen LogP contribution in [0.25, 0.3) is 27.8 Å². The van der Waals surface area contributed by atoms with Gasteiger partial charge in [-0.3, -0.25) is 4.57 Å². The van der Waals surface area contributed by atoms with E-state index in [0.717, 1.165) is 33.6 Å². The second-order valence-corrected chi connectivity index (χ2v) is 5.17. The van der Waals surface area contributed by atoms with E-state index < -0.39 is 0 Å². The highest BCUT2D eigenvalue weighted by Gasteiger charge is 2.16. The van der Waals surface area contributed by atoms with Crippen LogP contribution in [0.3, 0.4) is 0 Å². The Balaban J connectivity index is 2.03. The Morgan fingerprint density at radius 3 is 2.91 bits per heavy atom. The van der Waals surface area contributed by atoms with E-state index in [1.165, 1.54) is 6.33 Å². The van der Waals surface area contributed by atoms with Crippen molar-refractivity contribution in [3.8, 4) is 22.6 Å². The van der Waals surface area contributed by atoms with E-state index in [-0.39, 0.29) is 0 Å². The first-order valence-electron chi connectivity index (χ1n) is 7.17. The van der Waals surface area contributed by atoms with Gasteiger partial charge in [0.25, 0.3) is 0 Å². The molecule has 0 bridgehead atoms. The van der Waals surface area contributed by atoms with Crippen molar-refractivity contribution in [3.63, 3.8) is 0 Å². The highest BCUT2D eigenvalue weighted by atomic mass is 16.5. The molecule has 0 aliphatic carbocycles. The molecule has 0 saturated heterocycles. The maximum Gasteiger partial charge on any atom is 0.150 e. The zero-order valence-electron chi connectivity index (χ0n) is 12.5. The van der Waals surface area contributed by atoms with E-state index in [2.05, 4.69) is 15.0 Å². The van der Waals surface area contributed by atoms with Gasteiger partial charge < -0.3 is 15.5 Å². The van der Waals surface area contributed by atoms with Gasteiger partial charge in [0.15, 0.2) is 5.65 Å². The Bertz CT molecular complexity index is 972. The minimum absolute atomic E-state index is 0.460. The predicted molar refractivity (Wildman–Crippen MR) is 89.6 cm³/mol. The van der Waals surface area contributed by atoms with Crippen molar-refractivity contribution in [2.24, 2.45) is 0 Å². The van der Waals surface area contributed by atoms with Crippen molar-refractivity contribution in [1.29, 1.82) is 0 Å². The van der Waals surface area contributed by atoms with Crippen molar-refractivity contribution in [2.75, 3.05) is 12.8 Å². The molecule has 3 heterocycles. The number of nitrogens with one attached hydrogen (secondary N) is 1. The average Bonchev–Trinajstić information content (AvgIpc) is 3.23. The van der Waals surface area contributed by atoms with Gasteiger partial charge >= 0.3 is 0 Å². The molecule has 0 aliphatic rings. The van der Waals surface area contributed by atoms with E-state index in [0.29, 0.717) is 5.82 Å². The van der Waals surface area contributed by atoms with Gasteiger partial charge in [-0.15, -0.1) is 0 Å². The van der Waals surface area contributed by atoms with Crippen LogP contribution in [0.2, 0.25) is 0 Å². The van der Waals surface area contributed by atoms with Crippen molar-refractivity contribution >= 4 is 16.9 Å². The fourth-order valence-corrected chi connectivity index (χ4v) is 2.76. The molecule has 3 N–H and O–H groups in total. The topological polar surface area (TPSA) is 81.8 Å². The summed E-state index contributed by atoms with van der Waals surface area (Å²) in [7, 11) is 1.65. The van der Waals surface area contributed by atoms with E-state index >= 15 is 0 Å². The molecule has 0 saturated carbocycles. The highest BCUT2D eigenvalue weighted by Crippen LogP contribution is 2.35. The Morgan fingerprint density at radius 1 is 1.22 bits per heavy atom. The monoisotopic (exact) mass is 305 g/mol. The summed E-state index contributed by atoms with van der Waals surface area (Å²) < 4.78 is 7.32. The normalized spacial score (nSPS) is 11.0. The molecule has 6 heteroatoms. The number of H-pyrrole nitrogens is 1. The minimum Gasteiger partial charge on any atom is -0.497 e. The third-order valence-corrected chi connectivity index (χ3v) is 3.85. The molecule has 4 rings (SSSR count). The van der Waals surface area contributed by atoms with Gasteiger partial charge in [-0.25, -0.2) is 9.97 Å². The van der Waals surface area contributed by atoms with Crippen LogP contribution in [0.4, 0.5) is 5.82 Å². The molecule has 114 valence electrons. The molecule has 0 amide bonds. The fourth-order valence-electron chi connectivity index (χ4n) is 2.76. The highest BCUT2D eigenvalue weighted by molar-refractivity contribution is 6.01. The van der Waals surface area contributed by atoms with Crippen LogP contribution >= 0.6 is 0 Å². The molecular formula is C17H15N5O. The lowest BCUT2D eigenvalue weighted by molar-refractivity contribution is 0.415. The SMILES string of the molecule is COc1cccc(-c2cn(-c3cc[nH]c3)c3ncnc(N)c23)c1. The predicted octanol–water partition coefficient (Wildman–Crippen LogP) is 3.01. The van der Waals surface area contributed by atoms with E-state index in [1.807, 2.05) is 53.5 Å². The van der Waals surface area contributed by atoms with Crippen LogP contribution in [0.1, 0.15) is 0 Å². The number of rotatable bonds is 3. The zero-order valence-corrected chi connectivity index (χ0v) is 12.5. The third-order valence-electron chi connectivity index (χ3n) is 3.85. The first-order chi connectivity index (χ1) is 11.3. The molecule has 0 aliphatic heterocycles. The van der Waals surface area contributed by atoms with Crippen LogP contribution in [0.15, 0.2) is 55.2 Å². The number of nitrogens with two attached hydrogens (primary N) is 1. The number of ether oxygens (including phenoxy) is 1. The van der Waals surface area contributed by atoms with Crippen LogP contribution in [-0.4, -0.2) is 26.6 Å². The van der Waals surface area contributed by atoms with Gasteiger partial charge in [-0.05, 0) is 23.8 Å². The molecule has 1 aromatic carbocycles. The number of methoxy groups -OCH3 is 1. The molecular weight excluding hydrogens is 290 g/mol. The second-order valence-electron chi connectivity index (χ2n) is 5.17. The molecule has 0 atom stereocenters. The number of nitrogens with zero attached hydrogens (tertiary/aromatic N) is 3. The number of anilines is 1. The van der Waals surface area contributed by atoms with Crippen molar-refractivity contribution < 1.29 is 4.74 Å². The molecule has 0 unspecified atom stereocenters. The van der Waals surface area contributed by atoms with Crippen LogP contribution < -0.4 is 10.5 Å². The first-order valence-corrected chi connectivity index (χ1v) is 7.17. The average molecular weight is 305 g/mol. The summed E-state index contributed by atoms with van der Waals surface area (Å²) in [5.74, 6) is 1.25. The lowest BCUT2D eigenvalue weighted by atomic mass is 10.1. The number of benzene rings is 1. The largest absolute Gasteiger partial charge is 0.497 e. The second kappa shape index (κ2) is 5.17. The lowest BCUT2D eigenvalue weighted by Gasteiger charge is -2.04. The summed E-state index contributed by atoms with van der Waals surface area (Å²) in [6, 6.07) is 9.84. The first kappa shape index (κ1) is 13.4. The van der Waals surface area contributed by atoms with E-state index in [9.17, 15) is 0 Å². The van der Waals surface area contributed by atoms with Crippen molar-refractivity contribution in [2.45, 2.75) is 0 Å². The lowest BCUT2D eigenvalue weighted by Crippen LogP contribution is -1.95. The van der Waals surface area contributed by atoms with Gasteiger partial charge in [0.2, 0.25) is 0 Å². The number of hydrogen-bond acceptors (Lipinski definition) is 4. The van der Waals surface area contributed by atoms with Gasteiger partial charge in [-0.1, -0.05) is 12.1 Å². The van der Waals surface area contributed by atoms with Crippen LogP contribution in [0.5, 0.6) is 5.75 Å². The maximum absolute atomic E-state index is 6.13. The van der Waals surface area contributed by atoms with E-state index in [1.54, 1.807) is 7.11 Å². The summed E-state index contributed by atoms with van der Waals surface area (Å²) in [5.41, 5.74) is 9.86. The summed E-state index contributed by atoms with van der Waals surface area (Å²) in [5, 5.41) is 0.835. The van der Waals surface area contributed by atoms with Crippen LogP contribution in [0, 0.1) is 0 Å². The molecule has 3 aromatic heterocycles. The number of nitrogen functional groups attached to an aromatic ring is 1. The molecule has 0 fully saturated rings. The molecule has 4 aromatic rings. The third kappa shape index (κ3) is 2.12. The number of aromatic nitrogens is 4. The van der Waals surface area contributed by atoms with Crippen LogP contribution in [-0.2, 0) is 0 Å². The Kier molecular flexibility index (Phi) is 3.01. The number of hydrogen-bond donors (Lipinski definition) is 2. The Labute approximate surface area is 132 Å². The summed E-state index contributed by atoms with van der Waals surface area (Å²) in [6.07, 6.45) is 7.29. The molecule has 6 nitrogen and oxygen atoms in total. The van der Waals surface area contributed by atoms with Crippen molar-refractivity contribution in [3.05, 3.63) is 55.2 Å². The zero-order chi connectivity index (χ0) is 15.8. The van der Waals surface area contributed by atoms with Gasteiger partial charge in [-0.2, -0.15) is 0 Å². The maximum atomic E-state index is 6.13. The number of fused-ring (bicyclic) bond motifs is 1. The number of aromatic amines is 1. The molecule has 0 radical (unpaired) electrons. The summed E-state index contributed by atoms with van der Waals surface area (Å²) in [4.78, 5) is 11.6. The Morgan fingerprint density at radius 2 is 2.13 bits per heavy atom. The fraction of sp³-hybridized carbons (Fsp3) is 0.0588. The standard InChI is InChI=1S/C17H15N5O/c1-23-13-4-2-3-11(7-13)14-9-22(12-5-6-19-8-12)17-15(14)16(18)20-10-21-17/h2-10,19H,1H3,(H2,18,20,21). The smallest absolute Gasteiger partial charge is 0.150 e. The Hall–Kier alpha value is -3.28. The van der Waals surface area contributed by atoms with Gasteiger partial charge in [0.1, 0.15) is 17.9 Å².